The van der Waals surface area contributed by atoms with Crippen molar-refractivity contribution in [3.8, 4) is 67.9 Å². The lowest BCUT2D eigenvalue weighted by molar-refractivity contribution is 0.419. The number of anilines is 3. The summed E-state index contributed by atoms with van der Waals surface area (Å²) < 4.78 is 20.2. The molecule has 0 N–H and O–H groups in total. The van der Waals surface area contributed by atoms with Gasteiger partial charge < -0.3 is 19.1 Å². The largest absolute Gasteiger partial charge is 0.457 e. The lowest BCUT2D eigenvalue weighted by Crippen LogP contribution is -2.56. The summed E-state index contributed by atoms with van der Waals surface area (Å²) in [5.41, 5.74) is 12.0. The van der Waals surface area contributed by atoms with Gasteiger partial charge in [0.05, 0.1) is 0 Å². The SMILES string of the molecule is CC1(C)c2ccccc2Oc2c(-c3ccc(N(c4ccc(-c5cccc6c5Oc5ccccc5[Si]6(C)C)cc4)c4ccc(-c5cccc6c5Oc5ccccc5[Si]6(C)C)cc4)cc3)cccc21. The van der Waals surface area contributed by atoms with Gasteiger partial charge in [-0.25, -0.2) is 0 Å². The van der Waals surface area contributed by atoms with Gasteiger partial charge in [-0.2, -0.15) is 0 Å². The van der Waals surface area contributed by atoms with Crippen molar-refractivity contribution in [2.75, 3.05) is 4.90 Å². The van der Waals surface area contributed by atoms with E-state index in [1.807, 2.05) is 0 Å². The molecule has 12 rings (SSSR count). The van der Waals surface area contributed by atoms with Crippen molar-refractivity contribution in [2.45, 2.75) is 45.5 Å². The fourth-order valence-electron chi connectivity index (χ4n) is 10.9. The van der Waals surface area contributed by atoms with Crippen LogP contribution in [-0.4, -0.2) is 16.1 Å². The van der Waals surface area contributed by atoms with Crippen molar-refractivity contribution < 1.29 is 14.2 Å². The Morgan fingerprint density at radius 1 is 0.328 bits per heavy atom. The highest BCUT2D eigenvalue weighted by atomic mass is 28.3. The van der Waals surface area contributed by atoms with Crippen LogP contribution < -0.4 is 39.9 Å². The monoisotopic (exact) mass is 901 g/mol. The molecule has 67 heavy (non-hydrogen) atoms. The second-order valence-corrected chi connectivity index (χ2v) is 28.3. The van der Waals surface area contributed by atoms with Crippen molar-refractivity contribution >= 4 is 54.0 Å². The van der Waals surface area contributed by atoms with E-state index < -0.39 is 16.1 Å². The predicted octanol–water partition coefficient (Wildman–Crippen LogP) is 14.4. The first-order valence-electron chi connectivity index (χ1n) is 23.3. The molecule has 0 saturated carbocycles. The van der Waals surface area contributed by atoms with Crippen molar-refractivity contribution in [3.05, 3.63) is 211 Å². The van der Waals surface area contributed by atoms with E-state index in [0.29, 0.717) is 0 Å². The highest BCUT2D eigenvalue weighted by Gasteiger charge is 2.39. The zero-order chi connectivity index (χ0) is 45.7. The fourth-order valence-corrected chi connectivity index (χ4v) is 16.5. The molecule has 3 heterocycles. The minimum Gasteiger partial charge on any atom is -0.457 e. The molecule has 9 aromatic rings. The van der Waals surface area contributed by atoms with Crippen LogP contribution in [0.4, 0.5) is 17.1 Å². The number of para-hydroxylation sites is 6. The maximum absolute atomic E-state index is 6.75. The Hall–Kier alpha value is -7.39. The van der Waals surface area contributed by atoms with Gasteiger partial charge in [0.2, 0.25) is 0 Å². The molecule has 0 radical (unpaired) electrons. The standard InChI is InChI=1S/C61H51NO3Si2/c1-61(2)49-19-7-8-21-51(49)63-58-46(16-13-20-50(58)61)40-28-34-43(35-29-40)62(44-36-30-41(31-37-44)47-17-14-26-56-59(47)64-52-22-9-11-24-54(52)66(56,3)4)45-38-32-42(33-39-45)48-18-15-27-57-60(48)65-53-23-10-12-25-55(53)67(57,5)6/h7-39H,1-6H3. The van der Waals surface area contributed by atoms with Gasteiger partial charge in [-0.15, -0.1) is 0 Å². The number of ether oxygens (including phenoxy) is 3. The van der Waals surface area contributed by atoms with E-state index in [4.69, 9.17) is 14.2 Å². The quantitative estimate of drug-likeness (QED) is 0.156. The van der Waals surface area contributed by atoms with E-state index >= 15 is 0 Å². The number of hydrogen-bond donors (Lipinski definition) is 0. The molecule has 0 saturated heterocycles. The summed E-state index contributed by atoms with van der Waals surface area (Å²) in [6, 6.07) is 72.2. The number of hydrogen-bond acceptors (Lipinski definition) is 4. The lowest BCUT2D eigenvalue weighted by atomic mass is 9.75. The van der Waals surface area contributed by atoms with Gasteiger partial charge in [0.15, 0.2) is 0 Å². The minimum absolute atomic E-state index is 0.198. The van der Waals surface area contributed by atoms with Crippen LogP contribution in [0, 0.1) is 0 Å². The van der Waals surface area contributed by atoms with E-state index in [1.165, 1.54) is 31.9 Å². The van der Waals surface area contributed by atoms with Gasteiger partial charge in [0.25, 0.3) is 0 Å². The third kappa shape index (κ3) is 6.53. The van der Waals surface area contributed by atoms with Crippen LogP contribution in [0.1, 0.15) is 25.0 Å². The van der Waals surface area contributed by atoms with Crippen molar-refractivity contribution in [1.82, 2.24) is 0 Å². The van der Waals surface area contributed by atoms with E-state index in [0.717, 1.165) is 84.9 Å². The normalized spacial score (nSPS) is 15.1. The first-order chi connectivity index (χ1) is 32.5. The third-order valence-corrected chi connectivity index (χ3v) is 21.7. The van der Waals surface area contributed by atoms with Gasteiger partial charge in [0, 0.05) is 50.3 Å². The van der Waals surface area contributed by atoms with Crippen molar-refractivity contribution in [3.63, 3.8) is 0 Å². The maximum Gasteiger partial charge on any atom is 0.139 e. The van der Waals surface area contributed by atoms with Gasteiger partial charge in [-0.05, 0) is 92.0 Å². The Morgan fingerprint density at radius 2 is 0.672 bits per heavy atom. The van der Waals surface area contributed by atoms with Crippen LogP contribution in [0.5, 0.6) is 34.5 Å². The lowest BCUT2D eigenvalue weighted by Gasteiger charge is -2.35. The van der Waals surface area contributed by atoms with Gasteiger partial charge in [0.1, 0.15) is 50.6 Å². The molecular weight excluding hydrogens is 851 g/mol. The molecule has 0 bridgehead atoms. The van der Waals surface area contributed by atoms with Crippen LogP contribution in [0.15, 0.2) is 200 Å². The first kappa shape index (κ1) is 41.1. The Kier molecular flexibility index (Phi) is 9.41. The molecule has 0 fully saturated rings. The minimum atomic E-state index is -1.98. The summed E-state index contributed by atoms with van der Waals surface area (Å²) in [7, 11) is -3.96. The van der Waals surface area contributed by atoms with Crippen LogP contribution in [0.25, 0.3) is 33.4 Å². The predicted molar refractivity (Wildman–Crippen MR) is 283 cm³/mol. The maximum atomic E-state index is 6.75. The second-order valence-electron chi connectivity index (χ2n) is 19.7. The Balaban J connectivity index is 0.935. The molecule has 9 aromatic carbocycles. The number of rotatable bonds is 6. The first-order valence-corrected chi connectivity index (χ1v) is 29.3. The molecule has 0 atom stereocenters. The topological polar surface area (TPSA) is 30.9 Å². The summed E-state index contributed by atoms with van der Waals surface area (Å²) in [6.45, 7) is 14.3. The molecule has 3 aliphatic rings. The van der Waals surface area contributed by atoms with Crippen LogP contribution in [0.3, 0.4) is 0 Å². The summed E-state index contributed by atoms with van der Waals surface area (Å²) in [5, 5.41) is 5.33. The Morgan fingerprint density at radius 3 is 1.13 bits per heavy atom. The molecule has 326 valence electrons. The molecule has 0 spiro atoms. The van der Waals surface area contributed by atoms with Crippen LogP contribution in [0.2, 0.25) is 26.2 Å². The zero-order valence-corrected chi connectivity index (χ0v) is 40.7. The van der Waals surface area contributed by atoms with Crippen molar-refractivity contribution in [2.24, 2.45) is 0 Å². The summed E-state index contributed by atoms with van der Waals surface area (Å²) >= 11 is 0. The summed E-state index contributed by atoms with van der Waals surface area (Å²) in [4.78, 5) is 2.35. The molecule has 0 aromatic heterocycles. The van der Waals surface area contributed by atoms with Crippen LogP contribution in [-0.2, 0) is 5.41 Å². The van der Waals surface area contributed by atoms with Crippen LogP contribution >= 0.6 is 0 Å². The number of fused-ring (bicyclic) bond motifs is 6. The number of benzene rings is 9. The fraction of sp³-hybridized carbons (Fsp3) is 0.115. The van der Waals surface area contributed by atoms with Crippen molar-refractivity contribution in [1.29, 1.82) is 0 Å². The summed E-state index contributed by atoms with van der Waals surface area (Å²) in [5.74, 6) is 5.75. The summed E-state index contributed by atoms with van der Waals surface area (Å²) in [6.07, 6.45) is 0. The number of nitrogens with zero attached hydrogens (tertiary/aromatic N) is 1. The van der Waals surface area contributed by atoms with E-state index in [-0.39, 0.29) is 5.41 Å². The average molecular weight is 902 g/mol. The molecular formula is C61H51NO3Si2. The van der Waals surface area contributed by atoms with Gasteiger partial charge >= 0.3 is 0 Å². The molecule has 6 heteroatoms. The smallest absolute Gasteiger partial charge is 0.139 e. The zero-order valence-electron chi connectivity index (χ0n) is 38.7. The Labute approximate surface area is 395 Å². The third-order valence-electron chi connectivity index (χ3n) is 14.7. The highest BCUT2D eigenvalue weighted by Crippen LogP contribution is 2.51. The Bertz CT molecular complexity index is 3050. The highest BCUT2D eigenvalue weighted by molar-refractivity contribution is 7.02. The van der Waals surface area contributed by atoms with E-state index in [9.17, 15) is 0 Å². The second kappa shape index (κ2) is 15.3. The average Bonchev–Trinajstić information content (AvgIpc) is 3.35. The van der Waals surface area contributed by atoms with E-state index in [1.54, 1.807) is 0 Å². The van der Waals surface area contributed by atoms with Gasteiger partial charge in [-0.1, -0.05) is 186 Å². The molecule has 0 amide bonds. The molecule has 3 aliphatic heterocycles. The van der Waals surface area contributed by atoms with E-state index in [2.05, 4.69) is 245 Å². The molecule has 4 nitrogen and oxygen atoms in total. The van der Waals surface area contributed by atoms with Gasteiger partial charge in [-0.3, -0.25) is 0 Å². The molecule has 0 unspecified atom stereocenters. The molecule has 0 aliphatic carbocycles.